The number of benzene rings is 2. The van der Waals surface area contributed by atoms with E-state index in [4.69, 9.17) is 4.74 Å². The van der Waals surface area contributed by atoms with Crippen LogP contribution in [0.25, 0.3) is 0 Å². The van der Waals surface area contributed by atoms with Crippen LogP contribution in [-0.2, 0) is 16.0 Å². The molecule has 0 aliphatic heterocycles. The molecule has 0 unspecified atom stereocenters. The van der Waals surface area contributed by atoms with Crippen LogP contribution >= 0.6 is 0 Å². The lowest BCUT2D eigenvalue weighted by Gasteiger charge is -2.08. The lowest BCUT2D eigenvalue weighted by molar-refractivity contribution is -0.136. The number of ether oxygens (including phenoxy) is 1. The number of carbonyl (C=O) groups excluding carboxylic acids is 2. The molecule has 0 saturated heterocycles. The average Bonchev–Trinajstić information content (AvgIpc) is 2.57. The molecule has 2 amide bonds. The zero-order valence-electron chi connectivity index (χ0n) is 14.0. The van der Waals surface area contributed by atoms with Crippen molar-refractivity contribution in [1.29, 1.82) is 0 Å². The van der Waals surface area contributed by atoms with Crippen LogP contribution in [-0.4, -0.2) is 25.0 Å². The van der Waals surface area contributed by atoms with Crippen LogP contribution < -0.4 is 15.4 Å². The van der Waals surface area contributed by atoms with Gasteiger partial charge in [0.05, 0.1) is 6.61 Å². The van der Waals surface area contributed by atoms with Crippen LogP contribution in [0.5, 0.6) is 5.75 Å². The number of hydrogen-bond donors (Lipinski definition) is 2. The van der Waals surface area contributed by atoms with Crippen molar-refractivity contribution in [1.82, 2.24) is 5.32 Å². The summed E-state index contributed by atoms with van der Waals surface area (Å²) in [4.78, 5) is 23.7. The Bertz CT molecular complexity index is 696. The van der Waals surface area contributed by atoms with E-state index in [-0.39, 0.29) is 0 Å². The summed E-state index contributed by atoms with van der Waals surface area (Å²) in [6.07, 6.45) is 0.684. The minimum absolute atomic E-state index is 0.416. The smallest absolute Gasteiger partial charge is 0.313 e. The highest BCUT2D eigenvalue weighted by atomic mass is 16.5. The molecule has 0 fully saturated rings. The fourth-order valence-electron chi connectivity index (χ4n) is 2.26. The van der Waals surface area contributed by atoms with Crippen molar-refractivity contribution in [3.63, 3.8) is 0 Å². The molecule has 2 N–H and O–H groups in total. The van der Waals surface area contributed by atoms with Crippen LogP contribution in [0.15, 0.2) is 48.5 Å². The summed E-state index contributed by atoms with van der Waals surface area (Å²) in [6, 6.07) is 14.9. The molecule has 0 bridgehead atoms. The van der Waals surface area contributed by atoms with Gasteiger partial charge in [-0.2, -0.15) is 0 Å². The molecule has 0 radical (unpaired) electrons. The number of carbonyl (C=O) groups is 2. The Kier molecular flexibility index (Phi) is 6.37. The summed E-state index contributed by atoms with van der Waals surface area (Å²) < 4.78 is 5.32. The van der Waals surface area contributed by atoms with Gasteiger partial charge in [0.25, 0.3) is 0 Å². The fourth-order valence-corrected chi connectivity index (χ4v) is 2.26. The lowest BCUT2D eigenvalue weighted by Crippen LogP contribution is -2.36. The molecule has 2 aromatic carbocycles. The average molecular weight is 326 g/mol. The molecule has 2 rings (SSSR count). The van der Waals surface area contributed by atoms with E-state index in [9.17, 15) is 9.59 Å². The third-order valence-corrected chi connectivity index (χ3v) is 3.41. The number of aryl methyl sites for hydroxylation is 1. The highest BCUT2D eigenvalue weighted by molar-refractivity contribution is 6.39. The maximum absolute atomic E-state index is 11.9. The molecule has 0 aromatic heterocycles. The Labute approximate surface area is 142 Å². The third-order valence-electron chi connectivity index (χ3n) is 3.41. The van der Waals surface area contributed by atoms with E-state index in [0.29, 0.717) is 25.3 Å². The summed E-state index contributed by atoms with van der Waals surface area (Å²) in [6.45, 7) is 4.91. The van der Waals surface area contributed by atoms with Gasteiger partial charge in [0, 0.05) is 12.2 Å². The van der Waals surface area contributed by atoms with Gasteiger partial charge < -0.3 is 15.4 Å². The van der Waals surface area contributed by atoms with Gasteiger partial charge in [0.1, 0.15) is 5.75 Å². The second-order valence-electron chi connectivity index (χ2n) is 5.41. The van der Waals surface area contributed by atoms with Crippen molar-refractivity contribution in [3.8, 4) is 5.75 Å². The predicted molar refractivity (Wildman–Crippen MR) is 94.1 cm³/mol. The molecule has 0 saturated carbocycles. The third kappa shape index (κ3) is 5.43. The lowest BCUT2D eigenvalue weighted by atomic mass is 10.1. The molecule has 5 nitrogen and oxygen atoms in total. The molecule has 0 aliphatic rings. The van der Waals surface area contributed by atoms with Crippen molar-refractivity contribution in [3.05, 3.63) is 59.7 Å². The van der Waals surface area contributed by atoms with E-state index in [0.717, 1.165) is 11.3 Å². The summed E-state index contributed by atoms with van der Waals surface area (Å²) in [5, 5.41) is 5.19. The molecule has 0 spiro atoms. The molecular weight excluding hydrogens is 304 g/mol. The van der Waals surface area contributed by atoms with Gasteiger partial charge in [-0.05, 0) is 50.1 Å². The minimum atomic E-state index is -0.677. The van der Waals surface area contributed by atoms with Crippen LogP contribution in [0.4, 0.5) is 5.69 Å². The summed E-state index contributed by atoms with van der Waals surface area (Å²) >= 11 is 0. The van der Waals surface area contributed by atoms with E-state index in [1.54, 1.807) is 24.3 Å². The van der Waals surface area contributed by atoms with Crippen molar-refractivity contribution in [2.45, 2.75) is 20.3 Å². The number of nitrogens with one attached hydrogen (secondary N) is 2. The van der Waals surface area contributed by atoms with Gasteiger partial charge in [-0.3, -0.25) is 9.59 Å². The first-order valence-corrected chi connectivity index (χ1v) is 7.96. The first-order valence-electron chi connectivity index (χ1n) is 7.96. The molecule has 24 heavy (non-hydrogen) atoms. The molecular formula is C19H22N2O3. The molecule has 126 valence electrons. The van der Waals surface area contributed by atoms with Gasteiger partial charge in [-0.25, -0.2) is 0 Å². The number of rotatable bonds is 6. The van der Waals surface area contributed by atoms with E-state index in [2.05, 4.69) is 16.7 Å². The first kappa shape index (κ1) is 17.5. The Morgan fingerprint density at radius 1 is 1.04 bits per heavy atom. The molecule has 0 atom stereocenters. The van der Waals surface area contributed by atoms with Gasteiger partial charge in [0.15, 0.2) is 0 Å². The maximum atomic E-state index is 11.9. The largest absolute Gasteiger partial charge is 0.494 e. The summed E-state index contributed by atoms with van der Waals surface area (Å²) in [7, 11) is 0. The summed E-state index contributed by atoms with van der Waals surface area (Å²) in [5.74, 6) is -0.599. The van der Waals surface area contributed by atoms with Crippen LogP contribution in [0.1, 0.15) is 18.1 Å². The van der Waals surface area contributed by atoms with Gasteiger partial charge in [-0.1, -0.05) is 29.8 Å². The predicted octanol–water partition coefficient (Wildman–Crippen LogP) is 2.69. The van der Waals surface area contributed by atoms with Crippen molar-refractivity contribution < 1.29 is 14.3 Å². The van der Waals surface area contributed by atoms with Gasteiger partial charge in [-0.15, -0.1) is 0 Å². The van der Waals surface area contributed by atoms with Gasteiger partial charge >= 0.3 is 11.8 Å². The second kappa shape index (κ2) is 8.72. The van der Waals surface area contributed by atoms with Crippen LogP contribution in [0, 0.1) is 6.92 Å². The molecule has 2 aromatic rings. The highest BCUT2D eigenvalue weighted by Gasteiger charge is 2.13. The van der Waals surface area contributed by atoms with Crippen LogP contribution in [0.2, 0.25) is 0 Å². The topological polar surface area (TPSA) is 67.4 Å². The molecule has 0 aliphatic carbocycles. The first-order chi connectivity index (χ1) is 11.6. The van der Waals surface area contributed by atoms with E-state index < -0.39 is 11.8 Å². The zero-order valence-corrected chi connectivity index (χ0v) is 14.0. The van der Waals surface area contributed by atoms with E-state index >= 15 is 0 Å². The van der Waals surface area contributed by atoms with E-state index in [1.165, 1.54) is 5.56 Å². The molecule has 0 heterocycles. The fraction of sp³-hybridized carbons (Fsp3) is 0.263. The monoisotopic (exact) mass is 326 g/mol. The summed E-state index contributed by atoms with van der Waals surface area (Å²) in [5.41, 5.74) is 2.85. The highest BCUT2D eigenvalue weighted by Crippen LogP contribution is 2.15. The minimum Gasteiger partial charge on any atom is -0.494 e. The Hall–Kier alpha value is -2.82. The SMILES string of the molecule is CCOc1ccc(NC(=O)C(=O)NCCc2cccc(C)c2)cc1. The van der Waals surface area contributed by atoms with Crippen molar-refractivity contribution in [2.24, 2.45) is 0 Å². The molecule has 5 heteroatoms. The maximum Gasteiger partial charge on any atom is 0.313 e. The number of hydrogen-bond acceptors (Lipinski definition) is 3. The normalized spacial score (nSPS) is 10.1. The number of amides is 2. The number of anilines is 1. The second-order valence-corrected chi connectivity index (χ2v) is 5.41. The Morgan fingerprint density at radius 2 is 1.79 bits per heavy atom. The Morgan fingerprint density at radius 3 is 2.46 bits per heavy atom. The zero-order chi connectivity index (χ0) is 17.4. The van der Waals surface area contributed by atoms with Gasteiger partial charge in [0.2, 0.25) is 0 Å². The Balaban J connectivity index is 1.78. The van der Waals surface area contributed by atoms with Crippen LogP contribution in [0.3, 0.4) is 0 Å². The van der Waals surface area contributed by atoms with E-state index in [1.807, 2.05) is 32.0 Å². The van der Waals surface area contributed by atoms with Crippen molar-refractivity contribution >= 4 is 17.5 Å². The van der Waals surface area contributed by atoms with Crippen molar-refractivity contribution in [2.75, 3.05) is 18.5 Å². The quantitative estimate of drug-likeness (QED) is 0.802. The standard InChI is InChI=1S/C19H22N2O3/c1-3-24-17-9-7-16(8-10-17)21-19(23)18(22)20-12-11-15-6-4-5-14(2)13-15/h4-10,13H,3,11-12H2,1-2H3,(H,20,22)(H,21,23).